The van der Waals surface area contributed by atoms with Gasteiger partial charge < -0.3 is 5.11 Å². The van der Waals surface area contributed by atoms with Gasteiger partial charge in [-0.15, -0.1) is 5.10 Å². The third kappa shape index (κ3) is 3.86. The number of rotatable bonds is 4. The van der Waals surface area contributed by atoms with Gasteiger partial charge >= 0.3 is 5.97 Å². The molecule has 0 fully saturated rings. The number of hydrazine groups is 1. The minimum absolute atomic E-state index is 0.267. The molecule has 1 aromatic carbocycles. The van der Waals surface area contributed by atoms with Crippen molar-refractivity contribution in [3.05, 3.63) is 47.8 Å². The van der Waals surface area contributed by atoms with Crippen molar-refractivity contribution in [3.8, 4) is 0 Å². The first kappa shape index (κ1) is 14.2. The van der Waals surface area contributed by atoms with Gasteiger partial charge in [0.1, 0.15) is 6.54 Å². The van der Waals surface area contributed by atoms with E-state index in [1.165, 1.54) is 0 Å². The fourth-order valence-corrected chi connectivity index (χ4v) is 1.45. The first-order chi connectivity index (χ1) is 10.1. The molecule has 0 atom stereocenters. The molecule has 0 aliphatic rings. The summed E-state index contributed by atoms with van der Waals surface area (Å²) in [7, 11) is 0. The molecule has 0 aliphatic heterocycles. The van der Waals surface area contributed by atoms with Crippen molar-refractivity contribution in [2.45, 2.75) is 6.54 Å². The molecule has 3 N–H and O–H groups in total. The van der Waals surface area contributed by atoms with E-state index in [-0.39, 0.29) is 12.2 Å². The van der Waals surface area contributed by atoms with Gasteiger partial charge in [-0.1, -0.05) is 23.4 Å². The van der Waals surface area contributed by atoms with Gasteiger partial charge in [-0.3, -0.25) is 20.4 Å². The van der Waals surface area contributed by atoms with Gasteiger partial charge in [-0.2, -0.15) is 0 Å². The number of carboxylic acids is 1. The lowest BCUT2D eigenvalue weighted by molar-refractivity contribution is -0.122. The molecule has 2 aromatic rings. The number of nitrogens with zero attached hydrogens (tertiary/aromatic N) is 3. The van der Waals surface area contributed by atoms with Gasteiger partial charge in [-0.25, -0.2) is 9.48 Å². The average molecular weight is 289 g/mol. The van der Waals surface area contributed by atoms with Crippen LogP contribution in [0.5, 0.6) is 0 Å². The van der Waals surface area contributed by atoms with Crippen LogP contribution in [0.2, 0.25) is 0 Å². The number of carbonyl (C=O) groups excluding carboxylic acids is 2. The number of amides is 2. The topological polar surface area (TPSA) is 126 Å². The summed E-state index contributed by atoms with van der Waals surface area (Å²) in [6.45, 7) is -0.269. The van der Waals surface area contributed by atoms with Gasteiger partial charge in [0.15, 0.2) is 5.69 Å². The number of aromatic nitrogens is 3. The number of carbonyl (C=O) groups is 3. The molecule has 21 heavy (non-hydrogen) atoms. The smallest absolute Gasteiger partial charge is 0.358 e. The zero-order chi connectivity index (χ0) is 15.2. The van der Waals surface area contributed by atoms with Crippen LogP contribution in [0.3, 0.4) is 0 Å². The van der Waals surface area contributed by atoms with Crippen LogP contribution < -0.4 is 10.9 Å². The molecule has 0 spiro atoms. The molecule has 9 nitrogen and oxygen atoms in total. The number of carboxylic acid groups (broad SMARTS) is 1. The molecule has 0 saturated heterocycles. The summed E-state index contributed by atoms with van der Waals surface area (Å²) in [4.78, 5) is 33.8. The van der Waals surface area contributed by atoms with E-state index in [9.17, 15) is 14.4 Å². The van der Waals surface area contributed by atoms with Crippen molar-refractivity contribution in [1.82, 2.24) is 25.8 Å². The average Bonchev–Trinajstić information content (AvgIpc) is 2.94. The normalized spacial score (nSPS) is 9.90. The van der Waals surface area contributed by atoms with E-state index in [2.05, 4.69) is 21.2 Å². The maximum atomic E-state index is 11.7. The van der Waals surface area contributed by atoms with E-state index in [1.54, 1.807) is 30.3 Å². The highest BCUT2D eigenvalue weighted by Gasteiger charge is 2.11. The molecule has 0 bridgehead atoms. The van der Waals surface area contributed by atoms with E-state index < -0.39 is 17.8 Å². The summed E-state index contributed by atoms with van der Waals surface area (Å²) in [5, 5.41) is 15.5. The summed E-state index contributed by atoms with van der Waals surface area (Å²) in [6.07, 6.45) is 1.11. The third-order valence-corrected chi connectivity index (χ3v) is 2.41. The van der Waals surface area contributed by atoms with Gasteiger partial charge in [-0.05, 0) is 12.1 Å². The number of hydrogen-bond acceptors (Lipinski definition) is 5. The standard InChI is InChI=1S/C12H11N5O4/c18-10(7-17-6-9(12(20)21)13-16-17)14-15-11(19)8-4-2-1-3-5-8/h1-6H,7H2,(H,14,18)(H,15,19)(H,20,21). The Kier molecular flexibility index (Phi) is 4.24. The van der Waals surface area contributed by atoms with Crippen molar-refractivity contribution in [3.63, 3.8) is 0 Å². The van der Waals surface area contributed by atoms with Crippen LogP contribution in [0.15, 0.2) is 36.5 Å². The molecular formula is C12H11N5O4. The molecule has 0 aliphatic carbocycles. The Morgan fingerprint density at radius 3 is 2.48 bits per heavy atom. The largest absolute Gasteiger partial charge is 0.476 e. The number of nitrogens with one attached hydrogen (secondary N) is 2. The van der Waals surface area contributed by atoms with E-state index in [4.69, 9.17) is 5.11 Å². The Hall–Kier alpha value is -3.23. The highest BCUT2D eigenvalue weighted by molar-refractivity contribution is 5.95. The van der Waals surface area contributed by atoms with E-state index >= 15 is 0 Å². The molecule has 1 heterocycles. The first-order valence-corrected chi connectivity index (χ1v) is 5.84. The maximum Gasteiger partial charge on any atom is 0.358 e. The quantitative estimate of drug-likeness (QED) is 0.647. The van der Waals surface area contributed by atoms with Crippen LogP contribution in [-0.2, 0) is 11.3 Å². The first-order valence-electron chi connectivity index (χ1n) is 5.84. The monoisotopic (exact) mass is 289 g/mol. The van der Waals surface area contributed by atoms with Crippen molar-refractivity contribution in [2.24, 2.45) is 0 Å². The number of benzene rings is 1. The van der Waals surface area contributed by atoms with Gasteiger partial charge in [0.2, 0.25) is 0 Å². The van der Waals surface area contributed by atoms with Gasteiger partial charge in [0, 0.05) is 5.56 Å². The summed E-state index contributed by atoms with van der Waals surface area (Å²) >= 11 is 0. The molecule has 2 rings (SSSR count). The maximum absolute atomic E-state index is 11.7. The lowest BCUT2D eigenvalue weighted by Crippen LogP contribution is -2.43. The predicted octanol–water partition coefficient (Wildman–Crippen LogP) is -0.562. The highest BCUT2D eigenvalue weighted by atomic mass is 16.4. The molecule has 0 saturated carbocycles. The molecule has 0 unspecified atom stereocenters. The van der Waals surface area contributed by atoms with Crippen LogP contribution >= 0.6 is 0 Å². The van der Waals surface area contributed by atoms with Crippen molar-refractivity contribution < 1.29 is 19.5 Å². The van der Waals surface area contributed by atoms with Crippen molar-refractivity contribution in [1.29, 1.82) is 0 Å². The number of hydrogen-bond donors (Lipinski definition) is 3. The Morgan fingerprint density at radius 2 is 1.86 bits per heavy atom. The molecule has 9 heteroatoms. The van der Waals surface area contributed by atoms with E-state index in [1.807, 2.05) is 0 Å². The second kappa shape index (κ2) is 6.28. The van der Waals surface area contributed by atoms with Gasteiger partial charge in [0.25, 0.3) is 11.8 Å². The van der Waals surface area contributed by atoms with E-state index in [0.717, 1.165) is 10.9 Å². The lowest BCUT2D eigenvalue weighted by Gasteiger charge is -2.06. The summed E-state index contributed by atoms with van der Waals surface area (Å²) in [6, 6.07) is 8.34. The lowest BCUT2D eigenvalue weighted by atomic mass is 10.2. The van der Waals surface area contributed by atoms with Crippen molar-refractivity contribution >= 4 is 17.8 Å². The minimum atomic E-state index is -1.24. The van der Waals surface area contributed by atoms with Gasteiger partial charge in [0.05, 0.1) is 6.20 Å². The van der Waals surface area contributed by atoms with E-state index in [0.29, 0.717) is 5.56 Å². The van der Waals surface area contributed by atoms with Crippen LogP contribution in [-0.4, -0.2) is 37.9 Å². The Balaban J connectivity index is 1.84. The summed E-state index contributed by atoms with van der Waals surface area (Å²) in [5.41, 5.74) is 4.55. The van der Waals surface area contributed by atoms with Crippen molar-refractivity contribution in [2.75, 3.05) is 0 Å². The highest BCUT2D eigenvalue weighted by Crippen LogP contribution is 1.97. The Morgan fingerprint density at radius 1 is 1.14 bits per heavy atom. The zero-order valence-electron chi connectivity index (χ0n) is 10.7. The predicted molar refractivity (Wildman–Crippen MR) is 69.0 cm³/mol. The molecular weight excluding hydrogens is 278 g/mol. The molecule has 2 amide bonds. The zero-order valence-corrected chi connectivity index (χ0v) is 10.7. The van der Waals surface area contributed by atoms with Crippen LogP contribution in [0, 0.1) is 0 Å². The second-order valence-electron chi connectivity index (χ2n) is 3.97. The van der Waals surface area contributed by atoms with Crippen LogP contribution in [0.25, 0.3) is 0 Å². The molecule has 1 aromatic heterocycles. The molecule has 0 radical (unpaired) electrons. The Bertz CT molecular complexity index is 667. The van der Waals surface area contributed by atoms with Crippen LogP contribution in [0.1, 0.15) is 20.8 Å². The second-order valence-corrected chi connectivity index (χ2v) is 3.97. The number of aromatic carboxylic acids is 1. The fourth-order valence-electron chi connectivity index (χ4n) is 1.45. The third-order valence-electron chi connectivity index (χ3n) is 2.41. The summed E-state index contributed by atoms with van der Waals surface area (Å²) in [5.74, 6) is -2.27. The molecule has 108 valence electrons. The fraction of sp³-hybridized carbons (Fsp3) is 0.0833. The van der Waals surface area contributed by atoms with Crippen LogP contribution in [0.4, 0.5) is 0 Å². The Labute approximate surface area is 118 Å². The SMILES string of the molecule is O=C(Cn1cc(C(=O)O)nn1)NNC(=O)c1ccccc1. The minimum Gasteiger partial charge on any atom is -0.476 e. The summed E-state index contributed by atoms with van der Waals surface area (Å²) < 4.78 is 1.05.